The minimum Gasteiger partial charge on any atom is -0.182 e. The van der Waals surface area contributed by atoms with E-state index in [-0.39, 0.29) is 4.32 Å². The van der Waals surface area contributed by atoms with Gasteiger partial charge in [-0.1, -0.05) is 41.9 Å². The molecule has 0 saturated carbocycles. The van der Waals surface area contributed by atoms with Crippen LogP contribution in [0.2, 0.25) is 0 Å². The Bertz CT molecular complexity index is 482. The largest absolute Gasteiger partial charge is 0.191 e. The molecule has 1 unspecified atom stereocenters. The molecule has 1 aromatic carbocycles. The highest BCUT2D eigenvalue weighted by molar-refractivity contribution is 8.86. The second kappa shape index (κ2) is 5.29. The summed E-state index contributed by atoms with van der Waals surface area (Å²) in [5.41, 5.74) is 0.897. The number of allylic oxidation sites excluding steroid dienone is 1. The fourth-order valence-electron chi connectivity index (χ4n) is 1.14. The van der Waals surface area contributed by atoms with Crippen LogP contribution in [0.25, 0.3) is 4.91 Å². The SMILES string of the molecule is [O-][Cl+3]([O-])([O-])OS1=C(Cl)C=C(c2ccccc2)S1. The Balaban J connectivity index is 2.13. The third-order valence-corrected chi connectivity index (χ3v) is 6.76. The molecule has 1 aliphatic rings. The van der Waals surface area contributed by atoms with Gasteiger partial charge in [-0.05, 0) is 22.4 Å². The molecule has 0 aliphatic carbocycles. The minimum absolute atomic E-state index is 0.209. The van der Waals surface area contributed by atoms with Crippen molar-refractivity contribution >= 4 is 41.4 Å². The van der Waals surface area contributed by atoms with Crippen molar-refractivity contribution in [2.24, 2.45) is 0 Å². The van der Waals surface area contributed by atoms with Crippen LogP contribution in [-0.4, -0.2) is 4.32 Å². The lowest BCUT2D eigenvalue weighted by Crippen LogP contribution is -2.60. The van der Waals surface area contributed by atoms with Crippen LogP contribution < -0.4 is 14.0 Å². The van der Waals surface area contributed by atoms with E-state index in [0.29, 0.717) is 0 Å². The monoisotopic (exact) mass is 312 g/mol. The van der Waals surface area contributed by atoms with Crippen LogP contribution in [0.15, 0.2) is 36.4 Å². The summed E-state index contributed by atoms with van der Waals surface area (Å²) >= 11 is 5.83. The average molecular weight is 313 g/mol. The average Bonchev–Trinajstić information content (AvgIpc) is 2.59. The van der Waals surface area contributed by atoms with Crippen LogP contribution in [0, 0.1) is 10.2 Å². The standard InChI is InChI=1S/C9H6Cl2O4S2/c10-9-6-8(7-4-2-1-3-5-7)16-17(9)15-11(12,13)14/h1-6H. The lowest BCUT2D eigenvalue weighted by atomic mass is 10.2. The number of hydrogen-bond donors (Lipinski definition) is 0. The third-order valence-electron chi connectivity index (χ3n) is 1.76. The Kier molecular flexibility index (Phi) is 4.17. The van der Waals surface area contributed by atoms with E-state index >= 15 is 0 Å². The molecule has 1 aromatic rings. The third kappa shape index (κ3) is 3.70. The van der Waals surface area contributed by atoms with Crippen LogP contribution in [-0.2, 0) is 3.74 Å². The van der Waals surface area contributed by atoms with Gasteiger partial charge in [-0.3, -0.25) is 0 Å². The van der Waals surface area contributed by atoms with E-state index in [4.69, 9.17) is 11.6 Å². The highest BCUT2D eigenvalue weighted by atomic mass is 35.7. The molecule has 1 heterocycles. The molecule has 0 radical (unpaired) electrons. The van der Waals surface area contributed by atoms with E-state index in [1.165, 1.54) is 0 Å². The van der Waals surface area contributed by atoms with E-state index in [9.17, 15) is 14.0 Å². The molecule has 0 bridgehead atoms. The van der Waals surface area contributed by atoms with Gasteiger partial charge < -0.3 is 0 Å². The van der Waals surface area contributed by atoms with Gasteiger partial charge in [-0.15, -0.1) is 0 Å². The molecular formula is C9H6Cl2O4S2. The fraction of sp³-hybridized carbons (Fsp3) is 0. The van der Waals surface area contributed by atoms with Crippen molar-refractivity contribution in [1.82, 2.24) is 0 Å². The number of rotatable bonds is 3. The zero-order valence-corrected chi connectivity index (χ0v) is 11.3. The maximum absolute atomic E-state index is 10.5. The lowest BCUT2D eigenvalue weighted by molar-refractivity contribution is -1.91. The van der Waals surface area contributed by atoms with Gasteiger partial charge in [0.1, 0.15) is 8.06 Å². The van der Waals surface area contributed by atoms with Crippen LogP contribution in [0.3, 0.4) is 0 Å². The topological polar surface area (TPSA) is 78.4 Å². The summed E-state index contributed by atoms with van der Waals surface area (Å²) in [6.45, 7) is 0. The molecule has 8 heteroatoms. The van der Waals surface area contributed by atoms with E-state index in [1.807, 2.05) is 30.3 Å². The first-order valence-corrected chi connectivity index (χ1v) is 8.38. The molecule has 0 saturated heterocycles. The van der Waals surface area contributed by atoms with Gasteiger partial charge in [0.2, 0.25) is 0 Å². The van der Waals surface area contributed by atoms with Crippen LogP contribution in [0.1, 0.15) is 5.56 Å². The Labute approximate surface area is 111 Å². The van der Waals surface area contributed by atoms with Crippen LogP contribution in [0.5, 0.6) is 0 Å². The summed E-state index contributed by atoms with van der Waals surface area (Å²) < 4.78 is 35.9. The van der Waals surface area contributed by atoms with Crippen molar-refractivity contribution in [2.45, 2.75) is 0 Å². The molecular weight excluding hydrogens is 307 g/mol. The lowest BCUT2D eigenvalue weighted by Gasteiger charge is -2.12. The predicted molar refractivity (Wildman–Crippen MR) is 61.5 cm³/mol. The van der Waals surface area contributed by atoms with Crippen molar-refractivity contribution in [2.75, 3.05) is 0 Å². The Morgan fingerprint density at radius 1 is 1.18 bits per heavy atom. The highest BCUT2D eigenvalue weighted by Gasteiger charge is 2.30. The predicted octanol–water partition coefficient (Wildman–Crippen LogP) is 0.156. The van der Waals surface area contributed by atoms with Crippen molar-refractivity contribution in [3.05, 3.63) is 42.0 Å². The molecule has 0 N–H and O–H groups in total. The Hall–Kier alpha value is -0.0500. The summed E-state index contributed by atoms with van der Waals surface area (Å²) in [6.07, 6.45) is 1.60. The van der Waals surface area contributed by atoms with E-state index in [2.05, 4.69) is 3.74 Å². The van der Waals surface area contributed by atoms with Crippen molar-refractivity contribution < 1.29 is 28.0 Å². The quantitative estimate of drug-likeness (QED) is 0.451. The van der Waals surface area contributed by atoms with E-state index < -0.39 is 20.0 Å². The van der Waals surface area contributed by atoms with Gasteiger partial charge in [0.15, 0.2) is 9.80 Å². The molecule has 2 rings (SSSR count). The second-order valence-electron chi connectivity index (χ2n) is 2.94. The summed E-state index contributed by atoms with van der Waals surface area (Å²) in [5, 5.41) is 0. The first kappa shape index (κ1) is 13.4. The first-order valence-electron chi connectivity index (χ1n) is 4.29. The van der Waals surface area contributed by atoms with Gasteiger partial charge in [0.05, 0.1) is 10.2 Å². The number of hydrogen-bond acceptors (Lipinski definition) is 5. The van der Waals surface area contributed by atoms with Crippen molar-refractivity contribution in [3.63, 3.8) is 0 Å². The van der Waals surface area contributed by atoms with Crippen molar-refractivity contribution in [1.29, 1.82) is 0 Å². The van der Waals surface area contributed by atoms with E-state index in [1.54, 1.807) is 6.08 Å². The zero-order valence-electron chi connectivity index (χ0n) is 8.17. The Morgan fingerprint density at radius 3 is 2.41 bits per heavy atom. The molecule has 1 aliphatic heterocycles. The molecule has 4 nitrogen and oxygen atoms in total. The fourth-order valence-corrected chi connectivity index (χ4v) is 5.75. The smallest absolute Gasteiger partial charge is 0.182 e. The van der Waals surface area contributed by atoms with Gasteiger partial charge in [-0.25, -0.2) is 0 Å². The summed E-state index contributed by atoms with van der Waals surface area (Å²) in [6, 6.07) is 9.29. The number of halogens is 2. The highest BCUT2D eigenvalue weighted by Crippen LogP contribution is 2.50. The van der Waals surface area contributed by atoms with Gasteiger partial charge >= 0.3 is 0 Å². The number of benzene rings is 1. The maximum atomic E-state index is 10.5. The van der Waals surface area contributed by atoms with Crippen LogP contribution >= 0.6 is 32.2 Å². The summed E-state index contributed by atoms with van der Waals surface area (Å²) in [7, 11) is -4.64. The molecule has 0 fully saturated rings. The summed E-state index contributed by atoms with van der Waals surface area (Å²) in [5.74, 6) is 0. The summed E-state index contributed by atoms with van der Waals surface area (Å²) in [4.78, 5) is 0.776. The van der Waals surface area contributed by atoms with Gasteiger partial charge in [-0.2, -0.15) is 14.0 Å². The first-order chi connectivity index (χ1) is 7.96. The Morgan fingerprint density at radius 2 is 1.82 bits per heavy atom. The zero-order chi connectivity index (χ0) is 12.5. The minimum atomic E-state index is -4.47. The second-order valence-corrected chi connectivity index (χ2v) is 7.75. The molecule has 1 atom stereocenters. The van der Waals surface area contributed by atoms with Gasteiger partial charge in [0, 0.05) is 4.91 Å². The molecule has 0 amide bonds. The molecule has 0 aromatic heterocycles. The maximum Gasteiger partial charge on any atom is 0.191 e. The molecule has 0 spiro atoms. The molecule has 17 heavy (non-hydrogen) atoms. The molecule has 92 valence electrons. The van der Waals surface area contributed by atoms with E-state index in [0.717, 1.165) is 21.3 Å². The van der Waals surface area contributed by atoms with Crippen molar-refractivity contribution in [3.8, 4) is 0 Å². The van der Waals surface area contributed by atoms with Gasteiger partial charge in [0.25, 0.3) is 0 Å². The van der Waals surface area contributed by atoms with Crippen LogP contribution in [0.4, 0.5) is 0 Å². The normalized spacial score (nSPS) is 20.6.